The zero-order valence-electron chi connectivity index (χ0n) is 11.4. The van der Waals surface area contributed by atoms with Crippen molar-refractivity contribution < 1.29 is 13.9 Å². The van der Waals surface area contributed by atoms with Gasteiger partial charge in [0.1, 0.15) is 5.52 Å². The van der Waals surface area contributed by atoms with Gasteiger partial charge in [-0.05, 0) is 12.8 Å². The predicted octanol–water partition coefficient (Wildman–Crippen LogP) is 3.89. The smallest absolute Gasteiger partial charge is 0.198 e. The zero-order chi connectivity index (χ0) is 13.2. The molecule has 102 valence electrons. The maximum absolute atomic E-state index is 5.90. The van der Waals surface area contributed by atoms with Gasteiger partial charge >= 0.3 is 0 Å². The number of ether oxygens (including phenoxy) is 2. The van der Waals surface area contributed by atoms with E-state index in [-0.39, 0.29) is 0 Å². The van der Waals surface area contributed by atoms with Gasteiger partial charge in [0.15, 0.2) is 23.0 Å². The Bertz CT molecular complexity index is 529. The Morgan fingerprint density at radius 1 is 1.05 bits per heavy atom. The molecule has 3 rings (SSSR count). The molecular weight excluding hydrogens is 242 g/mol. The SMILES string of the molecule is COc1cc2nc(C3CCCCC3)oc2cc1OC. The van der Waals surface area contributed by atoms with E-state index in [0.29, 0.717) is 17.4 Å². The monoisotopic (exact) mass is 261 g/mol. The lowest BCUT2D eigenvalue weighted by Crippen LogP contribution is -2.04. The highest BCUT2D eigenvalue weighted by molar-refractivity contribution is 5.77. The van der Waals surface area contributed by atoms with Crippen LogP contribution in [0.4, 0.5) is 0 Å². The van der Waals surface area contributed by atoms with E-state index in [2.05, 4.69) is 4.98 Å². The first-order valence-corrected chi connectivity index (χ1v) is 6.84. The van der Waals surface area contributed by atoms with Crippen molar-refractivity contribution in [1.82, 2.24) is 4.98 Å². The normalized spacial score (nSPS) is 16.7. The third kappa shape index (κ3) is 2.27. The van der Waals surface area contributed by atoms with E-state index in [4.69, 9.17) is 13.9 Å². The van der Waals surface area contributed by atoms with Gasteiger partial charge in [0.05, 0.1) is 14.2 Å². The number of benzene rings is 1. The molecular formula is C15H19NO3. The molecule has 1 aliphatic rings. The molecule has 0 aliphatic heterocycles. The molecule has 0 unspecified atom stereocenters. The van der Waals surface area contributed by atoms with Gasteiger partial charge in [-0.3, -0.25) is 0 Å². The van der Waals surface area contributed by atoms with Crippen molar-refractivity contribution in [3.8, 4) is 11.5 Å². The lowest BCUT2D eigenvalue weighted by molar-refractivity contribution is 0.354. The number of rotatable bonds is 3. The van der Waals surface area contributed by atoms with Crippen LogP contribution < -0.4 is 9.47 Å². The Balaban J connectivity index is 1.99. The van der Waals surface area contributed by atoms with E-state index in [1.165, 1.54) is 32.1 Å². The fourth-order valence-electron chi connectivity index (χ4n) is 2.80. The molecule has 4 nitrogen and oxygen atoms in total. The largest absolute Gasteiger partial charge is 0.493 e. The van der Waals surface area contributed by atoms with E-state index in [1.807, 2.05) is 12.1 Å². The first kappa shape index (κ1) is 12.3. The van der Waals surface area contributed by atoms with Crippen LogP contribution in [0.3, 0.4) is 0 Å². The standard InChI is InChI=1S/C15H19NO3/c1-17-13-8-11-12(9-14(13)18-2)19-15(16-11)10-6-4-3-5-7-10/h8-10H,3-7H2,1-2H3. The van der Waals surface area contributed by atoms with Crippen molar-refractivity contribution in [2.24, 2.45) is 0 Å². The molecule has 1 aliphatic carbocycles. The minimum Gasteiger partial charge on any atom is -0.493 e. The minimum atomic E-state index is 0.470. The quantitative estimate of drug-likeness (QED) is 0.840. The molecule has 0 spiro atoms. The summed E-state index contributed by atoms with van der Waals surface area (Å²) in [7, 11) is 3.26. The van der Waals surface area contributed by atoms with Gasteiger partial charge in [-0.2, -0.15) is 0 Å². The van der Waals surface area contributed by atoms with Crippen LogP contribution in [-0.2, 0) is 0 Å². The van der Waals surface area contributed by atoms with Crippen LogP contribution in [0.15, 0.2) is 16.5 Å². The Morgan fingerprint density at radius 2 is 1.74 bits per heavy atom. The maximum Gasteiger partial charge on any atom is 0.198 e. The third-order valence-electron chi connectivity index (χ3n) is 3.86. The molecule has 1 aromatic heterocycles. The average molecular weight is 261 g/mol. The topological polar surface area (TPSA) is 44.5 Å². The molecule has 0 radical (unpaired) electrons. The van der Waals surface area contributed by atoms with Crippen LogP contribution >= 0.6 is 0 Å². The van der Waals surface area contributed by atoms with Crippen molar-refractivity contribution in [3.63, 3.8) is 0 Å². The molecule has 1 fully saturated rings. The number of hydrogen-bond donors (Lipinski definition) is 0. The number of hydrogen-bond acceptors (Lipinski definition) is 4. The Labute approximate surface area is 112 Å². The molecule has 0 saturated heterocycles. The van der Waals surface area contributed by atoms with Gasteiger partial charge in [0.25, 0.3) is 0 Å². The van der Waals surface area contributed by atoms with Crippen LogP contribution in [-0.4, -0.2) is 19.2 Å². The number of nitrogens with zero attached hydrogens (tertiary/aromatic N) is 1. The van der Waals surface area contributed by atoms with E-state index in [1.54, 1.807) is 14.2 Å². The second-order valence-electron chi connectivity index (χ2n) is 5.06. The van der Waals surface area contributed by atoms with Crippen molar-refractivity contribution in [2.75, 3.05) is 14.2 Å². The number of methoxy groups -OCH3 is 2. The van der Waals surface area contributed by atoms with Crippen molar-refractivity contribution >= 4 is 11.1 Å². The molecule has 0 bridgehead atoms. The van der Waals surface area contributed by atoms with Crippen molar-refractivity contribution in [2.45, 2.75) is 38.0 Å². The molecule has 4 heteroatoms. The van der Waals surface area contributed by atoms with Gasteiger partial charge in [0, 0.05) is 18.1 Å². The number of fused-ring (bicyclic) bond motifs is 1. The predicted molar refractivity (Wildman–Crippen MR) is 72.9 cm³/mol. The summed E-state index contributed by atoms with van der Waals surface area (Å²) in [5, 5.41) is 0. The van der Waals surface area contributed by atoms with E-state index >= 15 is 0 Å². The first-order chi connectivity index (χ1) is 9.31. The second kappa shape index (κ2) is 5.11. The lowest BCUT2D eigenvalue weighted by Gasteiger charge is -2.17. The highest BCUT2D eigenvalue weighted by Crippen LogP contribution is 2.37. The van der Waals surface area contributed by atoms with E-state index in [0.717, 1.165) is 17.0 Å². The molecule has 1 heterocycles. The minimum absolute atomic E-state index is 0.470. The van der Waals surface area contributed by atoms with Crippen LogP contribution in [0.5, 0.6) is 11.5 Å². The molecule has 0 N–H and O–H groups in total. The maximum atomic E-state index is 5.90. The summed E-state index contributed by atoms with van der Waals surface area (Å²) in [6.07, 6.45) is 6.24. The van der Waals surface area contributed by atoms with Gasteiger partial charge < -0.3 is 13.9 Å². The summed E-state index contributed by atoms with van der Waals surface area (Å²) in [5.74, 6) is 2.71. The Hall–Kier alpha value is -1.71. The first-order valence-electron chi connectivity index (χ1n) is 6.84. The fourth-order valence-corrected chi connectivity index (χ4v) is 2.80. The van der Waals surface area contributed by atoms with Crippen molar-refractivity contribution in [3.05, 3.63) is 18.0 Å². The van der Waals surface area contributed by atoms with Crippen LogP contribution in [0.25, 0.3) is 11.1 Å². The molecule has 0 amide bonds. The van der Waals surface area contributed by atoms with Gasteiger partial charge in [-0.1, -0.05) is 19.3 Å². The second-order valence-corrected chi connectivity index (χ2v) is 5.06. The summed E-state index contributed by atoms with van der Waals surface area (Å²) >= 11 is 0. The van der Waals surface area contributed by atoms with Crippen LogP contribution in [0.2, 0.25) is 0 Å². The Kier molecular flexibility index (Phi) is 3.32. The van der Waals surface area contributed by atoms with Crippen LogP contribution in [0.1, 0.15) is 43.9 Å². The highest BCUT2D eigenvalue weighted by Gasteiger charge is 2.21. The van der Waals surface area contributed by atoms with Crippen LogP contribution in [0, 0.1) is 0 Å². The van der Waals surface area contributed by atoms with Crippen molar-refractivity contribution in [1.29, 1.82) is 0 Å². The zero-order valence-corrected chi connectivity index (χ0v) is 11.4. The van der Waals surface area contributed by atoms with E-state index in [9.17, 15) is 0 Å². The summed E-state index contributed by atoms with van der Waals surface area (Å²) in [4.78, 5) is 4.62. The van der Waals surface area contributed by atoms with Gasteiger partial charge in [-0.15, -0.1) is 0 Å². The summed E-state index contributed by atoms with van der Waals surface area (Å²) < 4.78 is 16.5. The Morgan fingerprint density at radius 3 is 2.42 bits per heavy atom. The van der Waals surface area contributed by atoms with Gasteiger partial charge in [-0.25, -0.2) is 4.98 Å². The lowest BCUT2D eigenvalue weighted by atomic mass is 9.89. The molecule has 1 aromatic carbocycles. The molecule has 2 aromatic rings. The number of aromatic nitrogens is 1. The third-order valence-corrected chi connectivity index (χ3v) is 3.86. The average Bonchev–Trinajstić information content (AvgIpc) is 2.89. The number of oxazole rings is 1. The van der Waals surface area contributed by atoms with E-state index < -0.39 is 0 Å². The summed E-state index contributed by atoms with van der Waals surface area (Å²) in [6, 6.07) is 3.73. The summed E-state index contributed by atoms with van der Waals surface area (Å²) in [6.45, 7) is 0. The molecule has 0 atom stereocenters. The highest BCUT2D eigenvalue weighted by atomic mass is 16.5. The fraction of sp³-hybridized carbons (Fsp3) is 0.533. The molecule has 1 saturated carbocycles. The molecule has 19 heavy (non-hydrogen) atoms. The summed E-state index contributed by atoms with van der Waals surface area (Å²) in [5.41, 5.74) is 1.62. The van der Waals surface area contributed by atoms with Gasteiger partial charge in [0.2, 0.25) is 0 Å².